The highest BCUT2D eigenvalue weighted by Crippen LogP contribution is 2.16. The summed E-state index contributed by atoms with van der Waals surface area (Å²) < 4.78 is 30.7. The van der Waals surface area contributed by atoms with Crippen molar-refractivity contribution in [3.05, 3.63) is 59.6 Å². The van der Waals surface area contributed by atoms with Crippen LogP contribution in [0.3, 0.4) is 0 Å². The third kappa shape index (κ3) is 1.66. The summed E-state index contributed by atoms with van der Waals surface area (Å²) in [5.74, 6) is -2.77. The standard InChI is InChI=1S/C11H6F2O2/c12-9-3-1-2-8(10(9)13)11(14)7-4-5-15-6-7/h1-6H. The summed E-state index contributed by atoms with van der Waals surface area (Å²) in [5, 5.41) is 0. The summed E-state index contributed by atoms with van der Waals surface area (Å²) in [6.07, 6.45) is 2.48. The molecule has 0 aliphatic heterocycles. The first-order chi connectivity index (χ1) is 7.20. The predicted octanol–water partition coefficient (Wildman–Crippen LogP) is 2.79. The van der Waals surface area contributed by atoms with Gasteiger partial charge in [0.15, 0.2) is 17.4 Å². The van der Waals surface area contributed by atoms with Crippen molar-refractivity contribution in [2.45, 2.75) is 0 Å². The predicted molar refractivity (Wildman–Crippen MR) is 48.5 cm³/mol. The second-order valence-corrected chi connectivity index (χ2v) is 2.94. The Balaban J connectivity index is 2.47. The van der Waals surface area contributed by atoms with E-state index < -0.39 is 17.4 Å². The van der Waals surface area contributed by atoms with Crippen molar-refractivity contribution in [2.75, 3.05) is 0 Å². The Hall–Kier alpha value is -1.97. The Morgan fingerprint density at radius 1 is 1.20 bits per heavy atom. The average molecular weight is 208 g/mol. The van der Waals surface area contributed by atoms with Crippen LogP contribution in [0.2, 0.25) is 0 Å². The fourth-order valence-corrected chi connectivity index (χ4v) is 1.23. The molecule has 0 N–H and O–H groups in total. The smallest absolute Gasteiger partial charge is 0.199 e. The van der Waals surface area contributed by atoms with E-state index in [0.717, 1.165) is 6.07 Å². The van der Waals surface area contributed by atoms with Crippen LogP contribution in [0.15, 0.2) is 41.2 Å². The van der Waals surface area contributed by atoms with Crippen LogP contribution < -0.4 is 0 Å². The summed E-state index contributed by atoms with van der Waals surface area (Å²) in [5.41, 5.74) is -0.101. The third-order valence-corrected chi connectivity index (χ3v) is 1.98. The number of hydrogen-bond donors (Lipinski definition) is 0. The minimum absolute atomic E-state index is 0.194. The number of ketones is 1. The molecule has 0 fully saturated rings. The molecule has 0 aliphatic rings. The quantitative estimate of drug-likeness (QED) is 0.710. The lowest BCUT2D eigenvalue weighted by Gasteiger charge is -2.00. The highest BCUT2D eigenvalue weighted by molar-refractivity contribution is 6.08. The van der Waals surface area contributed by atoms with Crippen LogP contribution in [0.4, 0.5) is 8.78 Å². The first-order valence-corrected chi connectivity index (χ1v) is 4.21. The van der Waals surface area contributed by atoms with Crippen molar-refractivity contribution in [1.82, 2.24) is 0 Å². The molecule has 0 unspecified atom stereocenters. The summed E-state index contributed by atoms with van der Waals surface area (Å²) in [7, 11) is 0. The molecule has 2 aromatic rings. The van der Waals surface area contributed by atoms with E-state index in [1.807, 2.05) is 0 Å². The van der Waals surface area contributed by atoms with Crippen LogP contribution >= 0.6 is 0 Å². The van der Waals surface area contributed by atoms with Crippen LogP contribution in [0.5, 0.6) is 0 Å². The van der Waals surface area contributed by atoms with Gasteiger partial charge in [-0.2, -0.15) is 0 Å². The molecule has 15 heavy (non-hydrogen) atoms. The first-order valence-electron chi connectivity index (χ1n) is 4.21. The Morgan fingerprint density at radius 2 is 2.00 bits per heavy atom. The molecule has 2 nitrogen and oxygen atoms in total. The highest BCUT2D eigenvalue weighted by atomic mass is 19.2. The van der Waals surface area contributed by atoms with Crippen LogP contribution in [-0.2, 0) is 0 Å². The average Bonchev–Trinajstić information content (AvgIpc) is 2.74. The van der Waals surface area contributed by atoms with Gasteiger partial charge in [0.2, 0.25) is 0 Å². The SMILES string of the molecule is O=C(c1ccoc1)c1cccc(F)c1F. The molecule has 0 spiro atoms. The largest absolute Gasteiger partial charge is 0.472 e. The summed E-state index contributed by atoms with van der Waals surface area (Å²) in [6.45, 7) is 0. The number of furan rings is 1. The van der Waals surface area contributed by atoms with Gasteiger partial charge in [0.05, 0.1) is 17.4 Å². The van der Waals surface area contributed by atoms with Gasteiger partial charge in [-0.15, -0.1) is 0 Å². The van der Waals surface area contributed by atoms with E-state index in [9.17, 15) is 13.6 Å². The molecule has 0 amide bonds. The van der Waals surface area contributed by atoms with Crippen molar-refractivity contribution in [1.29, 1.82) is 0 Å². The molecular weight excluding hydrogens is 202 g/mol. The van der Waals surface area contributed by atoms with E-state index in [4.69, 9.17) is 4.42 Å². The van der Waals surface area contributed by atoms with Gasteiger partial charge in [0, 0.05) is 0 Å². The lowest BCUT2D eigenvalue weighted by Crippen LogP contribution is -2.04. The molecule has 4 heteroatoms. The van der Waals surface area contributed by atoms with Gasteiger partial charge in [-0.25, -0.2) is 8.78 Å². The van der Waals surface area contributed by atoms with Crippen molar-refractivity contribution < 1.29 is 18.0 Å². The summed E-state index contributed by atoms with van der Waals surface area (Å²) >= 11 is 0. The zero-order chi connectivity index (χ0) is 10.8. The highest BCUT2D eigenvalue weighted by Gasteiger charge is 2.17. The van der Waals surface area contributed by atoms with Crippen molar-refractivity contribution in [3.63, 3.8) is 0 Å². The van der Waals surface area contributed by atoms with Gasteiger partial charge in [-0.1, -0.05) is 6.07 Å². The second-order valence-electron chi connectivity index (χ2n) is 2.94. The van der Waals surface area contributed by atoms with Gasteiger partial charge in [-0.3, -0.25) is 4.79 Å². The molecule has 0 radical (unpaired) electrons. The monoisotopic (exact) mass is 208 g/mol. The minimum Gasteiger partial charge on any atom is -0.472 e. The van der Waals surface area contributed by atoms with Gasteiger partial charge in [-0.05, 0) is 18.2 Å². The maximum absolute atomic E-state index is 13.2. The summed E-state index contributed by atoms with van der Waals surface area (Å²) in [4.78, 5) is 11.6. The zero-order valence-electron chi connectivity index (χ0n) is 7.54. The van der Waals surface area contributed by atoms with E-state index in [1.165, 1.54) is 30.7 Å². The summed E-state index contributed by atoms with van der Waals surface area (Å²) in [6, 6.07) is 4.87. The Bertz CT molecular complexity index is 489. The number of halogens is 2. The Kier molecular flexibility index (Phi) is 2.33. The van der Waals surface area contributed by atoms with E-state index in [0.29, 0.717) is 0 Å². The molecule has 1 heterocycles. The van der Waals surface area contributed by atoms with Gasteiger partial charge >= 0.3 is 0 Å². The molecule has 1 aromatic carbocycles. The fraction of sp³-hybridized carbons (Fsp3) is 0. The fourth-order valence-electron chi connectivity index (χ4n) is 1.23. The van der Waals surface area contributed by atoms with Gasteiger partial charge < -0.3 is 4.42 Å². The molecular formula is C11H6F2O2. The number of carbonyl (C=O) groups is 1. The van der Waals surface area contributed by atoms with Crippen LogP contribution in [0.25, 0.3) is 0 Å². The molecule has 76 valence electrons. The topological polar surface area (TPSA) is 30.2 Å². The third-order valence-electron chi connectivity index (χ3n) is 1.98. The van der Waals surface area contributed by atoms with Crippen LogP contribution in [-0.4, -0.2) is 5.78 Å². The number of hydrogen-bond acceptors (Lipinski definition) is 2. The maximum atomic E-state index is 13.2. The number of benzene rings is 1. The van der Waals surface area contributed by atoms with Crippen molar-refractivity contribution >= 4 is 5.78 Å². The number of carbonyl (C=O) groups excluding carboxylic acids is 1. The van der Waals surface area contributed by atoms with E-state index >= 15 is 0 Å². The van der Waals surface area contributed by atoms with Crippen molar-refractivity contribution in [2.24, 2.45) is 0 Å². The molecule has 2 rings (SSSR count). The maximum Gasteiger partial charge on any atom is 0.199 e. The lowest BCUT2D eigenvalue weighted by molar-refractivity contribution is 0.103. The lowest BCUT2D eigenvalue weighted by atomic mass is 10.1. The first kappa shape index (κ1) is 9.58. The van der Waals surface area contributed by atoms with E-state index in [-0.39, 0.29) is 11.1 Å². The molecule has 0 saturated carbocycles. The zero-order valence-corrected chi connectivity index (χ0v) is 7.54. The molecule has 0 saturated heterocycles. The molecule has 0 bridgehead atoms. The molecule has 0 atom stereocenters. The molecule has 0 aliphatic carbocycles. The van der Waals surface area contributed by atoms with Gasteiger partial charge in [0.1, 0.15) is 6.26 Å². The Labute approximate surface area is 84.1 Å². The van der Waals surface area contributed by atoms with E-state index in [1.54, 1.807) is 0 Å². The van der Waals surface area contributed by atoms with Crippen LogP contribution in [0, 0.1) is 11.6 Å². The minimum atomic E-state index is -1.14. The van der Waals surface area contributed by atoms with E-state index in [2.05, 4.69) is 0 Å². The van der Waals surface area contributed by atoms with Crippen LogP contribution in [0.1, 0.15) is 15.9 Å². The number of rotatable bonds is 2. The Morgan fingerprint density at radius 3 is 2.67 bits per heavy atom. The second kappa shape index (κ2) is 3.65. The van der Waals surface area contributed by atoms with Gasteiger partial charge in [0.25, 0.3) is 0 Å². The normalized spacial score (nSPS) is 10.3. The van der Waals surface area contributed by atoms with Crippen molar-refractivity contribution in [3.8, 4) is 0 Å². The molecule has 1 aromatic heterocycles.